The summed E-state index contributed by atoms with van der Waals surface area (Å²) < 4.78 is 4.76. The molecule has 0 N–H and O–H groups in total. The van der Waals surface area contributed by atoms with Gasteiger partial charge in [0, 0.05) is 67.0 Å². The van der Waals surface area contributed by atoms with Crippen molar-refractivity contribution in [2.45, 2.75) is 26.9 Å². The van der Waals surface area contributed by atoms with Gasteiger partial charge in [-0.1, -0.05) is 204 Å². The molecule has 0 fully saturated rings. The van der Waals surface area contributed by atoms with E-state index < -0.39 is 8.07 Å². The Kier molecular flexibility index (Phi) is 12.4. The van der Waals surface area contributed by atoms with E-state index >= 15 is 0 Å². The average Bonchev–Trinajstić information content (AvgIpc) is 4.28. The minimum atomic E-state index is -2.24. The van der Waals surface area contributed by atoms with Crippen molar-refractivity contribution in [1.29, 1.82) is 0 Å². The lowest BCUT2D eigenvalue weighted by molar-refractivity contribution is 1.18. The molecule has 0 saturated carbocycles. The predicted molar refractivity (Wildman–Crippen MR) is 348 cm³/mol. The van der Waals surface area contributed by atoms with E-state index in [0.29, 0.717) is 0 Å². The average molecular weight is 1060 g/mol. The summed E-state index contributed by atoms with van der Waals surface area (Å²) in [6.45, 7) is 9.29. The molecule has 0 bridgehead atoms. The summed E-state index contributed by atoms with van der Waals surface area (Å²) in [5.74, 6) is 0. The molecule has 14 aromatic rings. The minimum Gasteiger partial charge on any atom is -0.310 e. The molecule has 14 rings (SSSR count). The molecular weight excluding hydrogens is 997 g/mol. The highest BCUT2D eigenvalue weighted by Gasteiger charge is 2.28. The molecule has 0 saturated heterocycles. The highest BCUT2D eigenvalue weighted by Crippen LogP contribution is 2.43. The van der Waals surface area contributed by atoms with Crippen molar-refractivity contribution >= 4 is 96.2 Å². The van der Waals surface area contributed by atoms with Gasteiger partial charge in [-0.2, -0.15) is 0 Å². The number of aryl methyl sites for hydroxylation is 2. The summed E-state index contributed by atoms with van der Waals surface area (Å²) in [6, 6.07) is 107. The first-order valence-corrected chi connectivity index (χ1v) is 31.1. The van der Waals surface area contributed by atoms with Crippen LogP contribution in [0.4, 0.5) is 34.1 Å². The van der Waals surface area contributed by atoms with Crippen molar-refractivity contribution in [3.05, 3.63) is 302 Å². The van der Waals surface area contributed by atoms with Crippen molar-refractivity contribution in [3.8, 4) is 33.6 Å². The van der Waals surface area contributed by atoms with Crippen LogP contribution in [0.3, 0.4) is 0 Å². The lowest BCUT2D eigenvalue weighted by Gasteiger charge is -2.27. The molecule has 0 spiro atoms. The Balaban J connectivity index is 0.802. The van der Waals surface area contributed by atoms with Crippen LogP contribution in [0.25, 0.3) is 77.2 Å². The van der Waals surface area contributed by atoms with Crippen LogP contribution in [-0.2, 0) is 0 Å². The smallest absolute Gasteiger partial charge is 0.112 e. The zero-order valence-corrected chi connectivity index (χ0v) is 47.0. The van der Waals surface area contributed by atoms with Gasteiger partial charge < -0.3 is 18.9 Å². The second-order valence-corrected chi connectivity index (χ2v) is 26.4. The topological polar surface area (TPSA) is 16.3 Å². The normalized spacial score (nSPS) is 11.7. The Morgan fingerprint density at radius 3 is 1.01 bits per heavy atom. The van der Waals surface area contributed by atoms with Gasteiger partial charge in [-0.05, 0) is 157 Å². The van der Waals surface area contributed by atoms with E-state index in [2.05, 4.69) is 337 Å². The molecule has 0 aliphatic carbocycles. The number of hydrogen-bond acceptors (Lipinski definition) is 2. The largest absolute Gasteiger partial charge is 0.310 e. The predicted octanol–water partition coefficient (Wildman–Crippen LogP) is 19.6. The molecule has 2 aromatic heterocycles. The molecule has 5 heteroatoms. The van der Waals surface area contributed by atoms with Crippen LogP contribution in [0.2, 0.25) is 13.1 Å². The first-order chi connectivity index (χ1) is 39.7. The quantitative estimate of drug-likeness (QED) is 0.113. The van der Waals surface area contributed by atoms with Gasteiger partial charge in [-0.15, -0.1) is 0 Å². The second-order valence-electron chi connectivity index (χ2n) is 22.0. The minimum absolute atomic E-state index is 1.11. The van der Waals surface area contributed by atoms with E-state index in [9.17, 15) is 0 Å². The van der Waals surface area contributed by atoms with Crippen LogP contribution in [0.5, 0.6) is 0 Å². The molecule has 0 aliphatic rings. The van der Waals surface area contributed by atoms with E-state index in [-0.39, 0.29) is 0 Å². The summed E-state index contributed by atoms with van der Waals surface area (Å²) in [6.07, 6.45) is 0. The third-order valence-corrected chi connectivity index (χ3v) is 20.0. The first kappa shape index (κ1) is 49.4. The SMILES string of the molecule is Cc1ccc(N(c2cccc(-c3cccc([Si](C)(C)c4cccc(-c5cccc(N(c6ccc(C)cc6)c6ccc7c(c6)c6ccccc6n7-c6ccccc6)c5)c4)c3)c2)c2ccc3c(c2)c2ccccc2n3-c2ccccc2)cc1. The number of fused-ring (bicyclic) bond motifs is 6. The highest BCUT2D eigenvalue weighted by molar-refractivity contribution is 7.00. The standard InChI is InChI=1S/C76H60N4Si/c1-53-35-39-61(40-36-53)77(65-43-45-75-71(51-65)69-31-11-13-33-73(69)79(75)59-23-7-5-8-24-59)63-27-15-19-55(47-63)57-21-17-29-67(49-57)81(3,4)68-30-18-22-58(50-68)56-20-16-28-64(48-56)78(62-41-37-54(2)38-42-62)66-44-46-76-72(52-66)70-32-12-14-34-74(70)80(76)60-25-9-6-10-26-60/h5-52H,1-4H3. The number of rotatable bonds is 12. The number of nitrogens with zero attached hydrogens (tertiary/aromatic N) is 4. The molecule has 81 heavy (non-hydrogen) atoms. The third-order valence-electron chi connectivity index (χ3n) is 16.5. The second kappa shape index (κ2) is 20.4. The van der Waals surface area contributed by atoms with Gasteiger partial charge in [0.05, 0.1) is 22.1 Å². The summed E-state index contributed by atoms with van der Waals surface area (Å²) >= 11 is 0. The molecule has 0 unspecified atom stereocenters. The molecule has 4 nitrogen and oxygen atoms in total. The molecule has 0 atom stereocenters. The summed E-state index contributed by atoms with van der Waals surface area (Å²) in [4.78, 5) is 4.81. The Bertz CT molecular complexity index is 4330. The van der Waals surface area contributed by atoms with E-state index in [0.717, 1.165) is 45.5 Å². The lowest BCUT2D eigenvalue weighted by atomic mass is 10.0. The summed E-state index contributed by atoms with van der Waals surface area (Å²) in [5, 5.41) is 7.69. The molecule has 12 aromatic carbocycles. The van der Waals surface area contributed by atoms with Gasteiger partial charge in [0.2, 0.25) is 0 Å². The molecule has 2 heterocycles. The van der Waals surface area contributed by atoms with Crippen LogP contribution in [0.1, 0.15) is 11.1 Å². The Labute approximate surface area is 475 Å². The van der Waals surface area contributed by atoms with Crippen LogP contribution in [0.15, 0.2) is 291 Å². The molecule has 0 radical (unpaired) electrons. The van der Waals surface area contributed by atoms with Crippen molar-refractivity contribution in [2.24, 2.45) is 0 Å². The van der Waals surface area contributed by atoms with Crippen molar-refractivity contribution in [3.63, 3.8) is 0 Å². The number of anilines is 6. The molecular formula is C76H60N4Si. The van der Waals surface area contributed by atoms with Crippen molar-refractivity contribution in [1.82, 2.24) is 9.13 Å². The maximum absolute atomic E-state index is 2.49. The number of benzene rings is 12. The Hall–Kier alpha value is -9.94. The van der Waals surface area contributed by atoms with Gasteiger partial charge in [-0.25, -0.2) is 0 Å². The van der Waals surface area contributed by atoms with Gasteiger partial charge in [0.15, 0.2) is 0 Å². The van der Waals surface area contributed by atoms with E-state index in [1.165, 1.54) is 87.4 Å². The van der Waals surface area contributed by atoms with Crippen molar-refractivity contribution < 1.29 is 0 Å². The summed E-state index contributed by atoms with van der Waals surface area (Å²) in [5.41, 5.74) is 21.0. The van der Waals surface area contributed by atoms with E-state index in [1.54, 1.807) is 0 Å². The van der Waals surface area contributed by atoms with Crippen LogP contribution >= 0.6 is 0 Å². The van der Waals surface area contributed by atoms with Crippen LogP contribution < -0.4 is 20.2 Å². The van der Waals surface area contributed by atoms with E-state index in [1.807, 2.05) is 0 Å². The van der Waals surface area contributed by atoms with Crippen LogP contribution in [0, 0.1) is 13.8 Å². The third kappa shape index (κ3) is 8.98. The highest BCUT2D eigenvalue weighted by atomic mass is 28.3. The number of aromatic nitrogens is 2. The molecule has 0 aliphatic heterocycles. The zero-order valence-electron chi connectivity index (χ0n) is 46.0. The van der Waals surface area contributed by atoms with Gasteiger partial charge in [0.25, 0.3) is 0 Å². The maximum Gasteiger partial charge on any atom is 0.112 e. The van der Waals surface area contributed by atoms with Gasteiger partial charge in [0.1, 0.15) is 8.07 Å². The van der Waals surface area contributed by atoms with Gasteiger partial charge in [-0.3, -0.25) is 0 Å². The summed E-state index contributed by atoms with van der Waals surface area (Å²) in [7, 11) is -2.24. The number of hydrogen-bond donors (Lipinski definition) is 0. The fourth-order valence-electron chi connectivity index (χ4n) is 12.2. The van der Waals surface area contributed by atoms with Crippen molar-refractivity contribution in [2.75, 3.05) is 9.80 Å². The molecule has 0 amide bonds. The van der Waals surface area contributed by atoms with Gasteiger partial charge >= 0.3 is 0 Å². The fourth-order valence-corrected chi connectivity index (χ4v) is 14.6. The lowest BCUT2D eigenvalue weighted by Crippen LogP contribution is -2.52. The Morgan fingerprint density at radius 2 is 0.593 bits per heavy atom. The zero-order chi connectivity index (χ0) is 54.6. The molecule has 388 valence electrons. The first-order valence-electron chi connectivity index (χ1n) is 28.1. The fraction of sp³-hybridized carbons (Fsp3) is 0.0526. The van der Waals surface area contributed by atoms with E-state index in [4.69, 9.17) is 0 Å². The van der Waals surface area contributed by atoms with Crippen LogP contribution in [-0.4, -0.2) is 17.2 Å². The maximum atomic E-state index is 2.49. The monoisotopic (exact) mass is 1060 g/mol. The Morgan fingerprint density at radius 1 is 0.259 bits per heavy atom. The number of para-hydroxylation sites is 4.